The Kier molecular flexibility index (Phi) is 8.23. The summed E-state index contributed by atoms with van der Waals surface area (Å²) >= 11 is 0. The summed E-state index contributed by atoms with van der Waals surface area (Å²) in [6, 6.07) is 9.17. The van der Waals surface area contributed by atoms with Crippen LogP contribution in [0.5, 0.6) is 0 Å². The first kappa shape index (κ1) is 27.1. The van der Waals surface area contributed by atoms with Crippen LogP contribution in [0.1, 0.15) is 61.7 Å². The molecule has 6 atom stereocenters. The van der Waals surface area contributed by atoms with E-state index in [9.17, 15) is 17.6 Å². The van der Waals surface area contributed by atoms with Gasteiger partial charge in [-0.25, -0.2) is 17.6 Å². The quantitative estimate of drug-likeness (QED) is 0.515. The Morgan fingerprint density at radius 2 is 1.08 bits per heavy atom. The Morgan fingerprint density at radius 3 is 1.46 bits per heavy atom. The molecular formula is C30H38F4N4O. The zero-order valence-electron chi connectivity index (χ0n) is 22.2. The van der Waals surface area contributed by atoms with Gasteiger partial charge in [-0.05, 0) is 87.0 Å². The topological polar surface area (TPSA) is 39.8 Å². The van der Waals surface area contributed by atoms with Crippen LogP contribution in [0.2, 0.25) is 0 Å². The van der Waals surface area contributed by atoms with Crippen molar-refractivity contribution < 1.29 is 22.3 Å². The van der Waals surface area contributed by atoms with Crippen molar-refractivity contribution in [3.05, 3.63) is 70.8 Å². The van der Waals surface area contributed by atoms with Gasteiger partial charge >= 0.3 is 0 Å². The number of nitrogens with zero attached hydrogens (tertiary/aromatic N) is 2. The van der Waals surface area contributed by atoms with E-state index < -0.39 is 23.3 Å². The molecule has 4 aliphatic heterocycles. The number of piperidine rings is 2. The summed E-state index contributed by atoms with van der Waals surface area (Å²) in [5.41, 5.74) is 1.58. The lowest BCUT2D eigenvalue weighted by molar-refractivity contribution is -0.0958. The zero-order chi connectivity index (χ0) is 26.9. The number of benzene rings is 2. The predicted molar refractivity (Wildman–Crippen MR) is 141 cm³/mol. The minimum absolute atomic E-state index is 0.0102. The first-order chi connectivity index (χ1) is 19.0. The zero-order valence-corrected chi connectivity index (χ0v) is 22.2. The van der Waals surface area contributed by atoms with E-state index in [1.54, 1.807) is 12.1 Å². The first-order valence-electron chi connectivity index (χ1n) is 14.4. The first-order valence-corrected chi connectivity index (χ1v) is 14.4. The average molecular weight is 547 g/mol. The van der Waals surface area contributed by atoms with Crippen LogP contribution < -0.4 is 10.6 Å². The van der Waals surface area contributed by atoms with E-state index in [0.717, 1.165) is 76.1 Å². The SMILES string of the molecule is Fc1ccc(C2CC(OC3CCN(C4CCNC4)C(c4ccc(F)c(F)c4)C3)CCN2C2CCNC2)cc1F. The Hall–Kier alpha value is -2.04. The summed E-state index contributed by atoms with van der Waals surface area (Å²) in [7, 11) is 0. The van der Waals surface area contributed by atoms with Gasteiger partial charge in [0.2, 0.25) is 0 Å². The third-order valence-corrected chi connectivity index (χ3v) is 9.24. The number of rotatable bonds is 6. The largest absolute Gasteiger partial charge is 0.375 e. The van der Waals surface area contributed by atoms with Crippen LogP contribution in [-0.2, 0) is 4.74 Å². The maximum absolute atomic E-state index is 14.2. The lowest BCUT2D eigenvalue weighted by Gasteiger charge is -2.46. The van der Waals surface area contributed by atoms with Crippen molar-refractivity contribution in [2.75, 3.05) is 39.3 Å². The van der Waals surface area contributed by atoms with E-state index in [4.69, 9.17) is 4.74 Å². The molecule has 6 rings (SSSR count). The van der Waals surface area contributed by atoms with E-state index in [1.165, 1.54) is 24.3 Å². The number of ether oxygens (including phenoxy) is 1. The van der Waals surface area contributed by atoms with Crippen molar-refractivity contribution in [1.29, 1.82) is 0 Å². The van der Waals surface area contributed by atoms with E-state index >= 15 is 0 Å². The molecule has 212 valence electrons. The van der Waals surface area contributed by atoms with E-state index in [2.05, 4.69) is 20.4 Å². The molecule has 9 heteroatoms. The fourth-order valence-electron chi connectivity index (χ4n) is 7.24. The van der Waals surface area contributed by atoms with Crippen molar-refractivity contribution >= 4 is 0 Å². The maximum Gasteiger partial charge on any atom is 0.159 e. The third kappa shape index (κ3) is 5.88. The average Bonchev–Trinajstić information content (AvgIpc) is 3.67. The molecule has 0 saturated carbocycles. The molecule has 5 nitrogen and oxygen atoms in total. The van der Waals surface area contributed by atoms with Gasteiger partial charge in [-0.2, -0.15) is 0 Å². The highest BCUT2D eigenvalue weighted by Gasteiger charge is 2.40. The van der Waals surface area contributed by atoms with Crippen LogP contribution in [0.25, 0.3) is 0 Å². The van der Waals surface area contributed by atoms with Gasteiger partial charge in [0.1, 0.15) is 0 Å². The number of hydrogen-bond donors (Lipinski definition) is 2. The summed E-state index contributed by atoms with van der Waals surface area (Å²) in [5.74, 6) is -3.29. The van der Waals surface area contributed by atoms with Crippen LogP contribution in [0.3, 0.4) is 0 Å². The molecule has 6 unspecified atom stereocenters. The minimum atomic E-state index is -0.830. The van der Waals surface area contributed by atoms with Crippen molar-refractivity contribution in [2.24, 2.45) is 0 Å². The standard InChI is InChI=1S/C30H38F4N4O/c31-25-3-1-19(13-27(25)33)29-15-23(7-11-37(29)21-5-9-35-17-21)39-24-8-12-38(22-6-10-36-18-22)30(16-24)20-2-4-26(32)28(34)14-20/h1-4,13-14,21-24,29-30,35-36H,5-12,15-18H2. The number of likely N-dealkylation sites (tertiary alicyclic amines) is 2. The van der Waals surface area contributed by atoms with Gasteiger partial charge < -0.3 is 15.4 Å². The van der Waals surface area contributed by atoms with Gasteiger partial charge in [-0.1, -0.05) is 12.1 Å². The van der Waals surface area contributed by atoms with Gasteiger partial charge in [-0.3, -0.25) is 9.80 Å². The predicted octanol–water partition coefficient (Wildman–Crippen LogP) is 4.69. The molecule has 2 aromatic carbocycles. The van der Waals surface area contributed by atoms with Crippen molar-refractivity contribution in [3.8, 4) is 0 Å². The molecule has 0 amide bonds. The van der Waals surface area contributed by atoms with Crippen LogP contribution in [-0.4, -0.2) is 73.4 Å². The highest BCUT2D eigenvalue weighted by molar-refractivity contribution is 5.24. The Labute approximate surface area is 227 Å². The van der Waals surface area contributed by atoms with Crippen LogP contribution in [0.15, 0.2) is 36.4 Å². The van der Waals surface area contributed by atoms with Crippen LogP contribution in [0.4, 0.5) is 17.6 Å². The minimum Gasteiger partial charge on any atom is -0.375 e. The summed E-state index contributed by atoms with van der Waals surface area (Å²) in [6.07, 6.45) is 5.23. The molecule has 0 spiro atoms. The molecule has 0 bridgehead atoms. The van der Waals surface area contributed by atoms with Crippen molar-refractivity contribution in [1.82, 2.24) is 20.4 Å². The Morgan fingerprint density at radius 1 is 0.615 bits per heavy atom. The molecule has 4 heterocycles. The third-order valence-electron chi connectivity index (χ3n) is 9.24. The van der Waals surface area contributed by atoms with Crippen LogP contribution in [0, 0.1) is 23.3 Å². The fraction of sp³-hybridized carbons (Fsp3) is 0.600. The lowest BCUT2D eigenvalue weighted by atomic mass is 9.89. The van der Waals surface area contributed by atoms with Gasteiger partial charge in [-0.15, -0.1) is 0 Å². The summed E-state index contributed by atoms with van der Waals surface area (Å²) in [6.45, 7) is 5.39. The van der Waals surface area contributed by atoms with Crippen LogP contribution >= 0.6 is 0 Å². The second-order valence-electron chi connectivity index (χ2n) is 11.6. The molecule has 0 radical (unpaired) electrons. The molecule has 4 aliphatic rings. The Bertz CT molecular complexity index is 1050. The lowest BCUT2D eigenvalue weighted by Crippen LogP contribution is -2.49. The number of hydrogen-bond acceptors (Lipinski definition) is 5. The highest BCUT2D eigenvalue weighted by atomic mass is 19.2. The van der Waals surface area contributed by atoms with E-state index in [-0.39, 0.29) is 24.3 Å². The van der Waals surface area contributed by atoms with Gasteiger partial charge in [0.15, 0.2) is 23.3 Å². The normalized spacial score (nSPS) is 32.6. The molecule has 2 N–H and O–H groups in total. The summed E-state index contributed by atoms with van der Waals surface area (Å²) in [4.78, 5) is 4.87. The van der Waals surface area contributed by atoms with E-state index in [1.807, 2.05) is 0 Å². The molecule has 0 aliphatic carbocycles. The smallest absolute Gasteiger partial charge is 0.159 e. The monoisotopic (exact) mass is 546 g/mol. The second-order valence-corrected chi connectivity index (χ2v) is 11.6. The fourth-order valence-corrected chi connectivity index (χ4v) is 7.24. The Balaban J connectivity index is 1.19. The summed E-state index contributed by atoms with van der Waals surface area (Å²) in [5, 5.41) is 6.86. The second kappa shape index (κ2) is 11.8. The van der Waals surface area contributed by atoms with Gasteiger partial charge in [0.05, 0.1) is 12.2 Å². The maximum atomic E-state index is 14.2. The van der Waals surface area contributed by atoms with Crippen molar-refractivity contribution in [3.63, 3.8) is 0 Å². The van der Waals surface area contributed by atoms with E-state index in [0.29, 0.717) is 24.9 Å². The van der Waals surface area contributed by atoms with Gasteiger partial charge in [0, 0.05) is 50.3 Å². The number of nitrogens with one attached hydrogen (secondary N) is 2. The molecule has 0 aromatic heterocycles. The molecule has 2 aromatic rings. The molecule has 39 heavy (non-hydrogen) atoms. The number of halogens is 4. The highest BCUT2D eigenvalue weighted by Crippen LogP contribution is 2.40. The molecular weight excluding hydrogens is 508 g/mol. The van der Waals surface area contributed by atoms with Gasteiger partial charge in [0.25, 0.3) is 0 Å². The van der Waals surface area contributed by atoms with Crippen molar-refractivity contribution in [2.45, 2.75) is 74.9 Å². The molecule has 4 fully saturated rings. The summed E-state index contributed by atoms with van der Waals surface area (Å²) < 4.78 is 62.7. The molecule has 4 saturated heterocycles.